The summed E-state index contributed by atoms with van der Waals surface area (Å²) in [7, 11) is 0. The van der Waals surface area contributed by atoms with Gasteiger partial charge in [0.2, 0.25) is 0 Å². The maximum absolute atomic E-state index is 9.66. The van der Waals surface area contributed by atoms with Crippen LogP contribution in [0, 0.1) is 5.92 Å². The third-order valence-corrected chi connectivity index (χ3v) is 3.93. The van der Waals surface area contributed by atoms with Crippen LogP contribution in [0.5, 0.6) is 0 Å². The normalized spacial score (nSPS) is 18.1. The Morgan fingerprint density at radius 2 is 2.15 bits per heavy atom. The zero-order valence-electron chi connectivity index (χ0n) is 12.3. The molecule has 0 aliphatic carbocycles. The van der Waals surface area contributed by atoms with E-state index in [-0.39, 0.29) is 6.10 Å². The van der Waals surface area contributed by atoms with Gasteiger partial charge in [0.1, 0.15) is 17.5 Å². The van der Waals surface area contributed by atoms with Crippen LogP contribution in [0.1, 0.15) is 38.9 Å². The van der Waals surface area contributed by atoms with Crippen LogP contribution in [0.3, 0.4) is 0 Å². The van der Waals surface area contributed by atoms with Gasteiger partial charge in [-0.1, -0.05) is 6.92 Å². The molecule has 20 heavy (non-hydrogen) atoms. The minimum atomic E-state index is -0.223. The summed E-state index contributed by atoms with van der Waals surface area (Å²) in [5.41, 5.74) is 2.61. The molecule has 0 radical (unpaired) electrons. The fraction of sp³-hybridized carbons (Fsp3) is 0.714. The van der Waals surface area contributed by atoms with Gasteiger partial charge in [-0.05, 0) is 32.1 Å². The van der Waals surface area contributed by atoms with Crippen molar-refractivity contribution in [3.63, 3.8) is 0 Å². The molecule has 0 amide bonds. The highest BCUT2D eigenvalue weighted by molar-refractivity contribution is 5.49. The van der Waals surface area contributed by atoms with Gasteiger partial charge in [0.15, 0.2) is 0 Å². The number of nitrogens with one attached hydrogen (secondary N) is 1. The first-order chi connectivity index (χ1) is 9.63. The topological polar surface area (TPSA) is 87.3 Å². The molecule has 1 unspecified atom stereocenters. The molecule has 0 spiro atoms. The zero-order valence-corrected chi connectivity index (χ0v) is 12.3. The van der Waals surface area contributed by atoms with Gasteiger partial charge in [0.25, 0.3) is 0 Å². The summed E-state index contributed by atoms with van der Waals surface area (Å²) in [6.07, 6.45) is 3.63. The maximum atomic E-state index is 9.66. The molecule has 1 aliphatic heterocycles. The average Bonchev–Trinajstić information content (AvgIpc) is 2.47. The molecule has 0 aromatic carbocycles. The van der Waals surface area contributed by atoms with Crippen molar-refractivity contribution in [2.75, 3.05) is 23.4 Å². The van der Waals surface area contributed by atoms with Gasteiger partial charge in [0, 0.05) is 25.6 Å². The molecule has 1 fully saturated rings. The van der Waals surface area contributed by atoms with E-state index in [4.69, 9.17) is 5.84 Å². The number of piperidine rings is 1. The van der Waals surface area contributed by atoms with Crippen LogP contribution in [-0.2, 0) is 6.42 Å². The first kappa shape index (κ1) is 15.0. The predicted molar refractivity (Wildman–Crippen MR) is 80.5 cm³/mol. The number of nitrogens with zero attached hydrogens (tertiary/aromatic N) is 3. The largest absolute Gasteiger partial charge is 0.393 e. The fourth-order valence-corrected chi connectivity index (χ4v) is 2.67. The van der Waals surface area contributed by atoms with Crippen LogP contribution in [0.4, 0.5) is 11.6 Å². The smallest absolute Gasteiger partial charge is 0.145 e. The Kier molecular flexibility index (Phi) is 5.14. The van der Waals surface area contributed by atoms with Crippen LogP contribution in [0.25, 0.3) is 0 Å². The number of anilines is 2. The summed E-state index contributed by atoms with van der Waals surface area (Å²) >= 11 is 0. The van der Waals surface area contributed by atoms with Crippen LogP contribution in [0.15, 0.2) is 6.07 Å². The standard InChI is InChI=1S/C14H25N5O/c1-3-4-12-16-13(18-15)9-14(17-12)19-7-5-11(6-8-19)10(2)20/h9-11,20H,3-8,15H2,1-2H3,(H,16,17,18). The van der Waals surface area contributed by atoms with E-state index < -0.39 is 0 Å². The zero-order chi connectivity index (χ0) is 14.5. The van der Waals surface area contributed by atoms with E-state index >= 15 is 0 Å². The number of hydrazine groups is 1. The van der Waals surface area contributed by atoms with Crippen LogP contribution < -0.4 is 16.2 Å². The van der Waals surface area contributed by atoms with Crippen molar-refractivity contribution in [1.82, 2.24) is 9.97 Å². The second kappa shape index (κ2) is 6.85. The summed E-state index contributed by atoms with van der Waals surface area (Å²) in [5.74, 6) is 8.30. The number of hydrogen-bond acceptors (Lipinski definition) is 6. The third-order valence-electron chi connectivity index (χ3n) is 3.93. The number of aliphatic hydroxyl groups excluding tert-OH is 1. The van der Waals surface area contributed by atoms with Gasteiger partial charge < -0.3 is 15.4 Å². The monoisotopic (exact) mass is 279 g/mol. The molecule has 0 saturated carbocycles. The highest BCUT2D eigenvalue weighted by Gasteiger charge is 2.23. The summed E-state index contributed by atoms with van der Waals surface area (Å²) in [5, 5.41) is 9.66. The first-order valence-corrected chi connectivity index (χ1v) is 7.41. The number of hydrogen-bond donors (Lipinski definition) is 3. The Morgan fingerprint density at radius 1 is 1.45 bits per heavy atom. The van der Waals surface area contributed by atoms with E-state index in [0.29, 0.717) is 11.7 Å². The van der Waals surface area contributed by atoms with Crippen molar-refractivity contribution in [2.45, 2.75) is 45.6 Å². The number of aryl methyl sites for hydroxylation is 1. The number of nitrogens with two attached hydrogens (primary N) is 1. The lowest BCUT2D eigenvalue weighted by molar-refractivity contribution is 0.110. The average molecular weight is 279 g/mol. The van der Waals surface area contributed by atoms with E-state index in [1.54, 1.807) is 0 Å². The molecular formula is C14H25N5O. The molecule has 112 valence electrons. The highest BCUT2D eigenvalue weighted by atomic mass is 16.3. The molecule has 1 aromatic rings. The highest BCUT2D eigenvalue weighted by Crippen LogP contribution is 2.25. The summed E-state index contributed by atoms with van der Waals surface area (Å²) in [6.45, 7) is 5.82. The van der Waals surface area contributed by atoms with E-state index in [0.717, 1.165) is 50.4 Å². The molecule has 1 aromatic heterocycles. The number of nitrogen functional groups attached to an aromatic ring is 1. The quantitative estimate of drug-likeness (QED) is 0.556. The minimum Gasteiger partial charge on any atom is -0.393 e. The van der Waals surface area contributed by atoms with Crippen molar-refractivity contribution in [2.24, 2.45) is 11.8 Å². The summed E-state index contributed by atoms with van der Waals surface area (Å²) in [4.78, 5) is 11.2. The van der Waals surface area contributed by atoms with E-state index in [2.05, 4.69) is 27.2 Å². The van der Waals surface area contributed by atoms with Gasteiger partial charge in [-0.15, -0.1) is 0 Å². The van der Waals surface area contributed by atoms with Gasteiger partial charge in [-0.3, -0.25) is 0 Å². The maximum Gasteiger partial charge on any atom is 0.145 e. The fourth-order valence-electron chi connectivity index (χ4n) is 2.67. The number of rotatable bonds is 5. The summed E-state index contributed by atoms with van der Waals surface area (Å²) < 4.78 is 0. The van der Waals surface area contributed by atoms with Crippen molar-refractivity contribution < 1.29 is 5.11 Å². The Morgan fingerprint density at radius 3 is 2.70 bits per heavy atom. The number of aromatic nitrogens is 2. The minimum absolute atomic E-state index is 0.223. The number of aliphatic hydroxyl groups is 1. The summed E-state index contributed by atoms with van der Waals surface area (Å²) in [6, 6.07) is 1.89. The predicted octanol–water partition coefficient (Wildman–Crippen LogP) is 1.31. The molecule has 4 N–H and O–H groups in total. The molecule has 1 atom stereocenters. The second-order valence-corrected chi connectivity index (χ2v) is 5.49. The molecule has 2 heterocycles. The molecule has 6 nitrogen and oxygen atoms in total. The lowest BCUT2D eigenvalue weighted by Gasteiger charge is -2.34. The van der Waals surface area contributed by atoms with Gasteiger partial charge in [-0.25, -0.2) is 15.8 Å². The van der Waals surface area contributed by atoms with E-state index in [1.807, 2.05) is 13.0 Å². The Labute approximate surface area is 120 Å². The van der Waals surface area contributed by atoms with Crippen LogP contribution >= 0.6 is 0 Å². The van der Waals surface area contributed by atoms with Gasteiger partial charge in [-0.2, -0.15) is 0 Å². The molecule has 2 rings (SSSR count). The molecule has 6 heteroatoms. The van der Waals surface area contributed by atoms with Crippen LogP contribution in [-0.4, -0.2) is 34.3 Å². The van der Waals surface area contributed by atoms with Crippen molar-refractivity contribution in [3.05, 3.63) is 11.9 Å². The van der Waals surface area contributed by atoms with Gasteiger partial charge >= 0.3 is 0 Å². The lowest BCUT2D eigenvalue weighted by Crippen LogP contribution is -2.37. The van der Waals surface area contributed by atoms with Crippen LogP contribution in [0.2, 0.25) is 0 Å². The van der Waals surface area contributed by atoms with Crippen molar-refractivity contribution >= 4 is 11.6 Å². The Hall–Kier alpha value is -1.40. The van der Waals surface area contributed by atoms with E-state index in [1.165, 1.54) is 0 Å². The molecule has 1 saturated heterocycles. The van der Waals surface area contributed by atoms with Crippen molar-refractivity contribution in [3.8, 4) is 0 Å². The van der Waals surface area contributed by atoms with Gasteiger partial charge in [0.05, 0.1) is 6.10 Å². The van der Waals surface area contributed by atoms with E-state index in [9.17, 15) is 5.11 Å². The third kappa shape index (κ3) is 3.58. The molecule has 1 aliphatic rings. The Balaban J connectivity index is 2.10. The molecular weight excluding hydrogens is 254 g/mol. The Bertz CT molecular complexity index is 430. The molecule has 0 bridgehead atoms. The second-order valence-electron chi connectivity index (χ2n) is 5.49. The first-order valence-electron chi connectivity index (χ1n) is 7.41. The van der Waals surface area contributed by atoms with Crippen molar-refractivity contribution in [1.29, 1.82) is 0 Å². The SMILES string of the molecule is CCCc1nc(NN)cc(N2CCC(C(C)O)CC2)n1. The lowest BCUT2D eigenvalue weighted by atomic mass is 9.92.